The second-order valence-electron chi connectivity index (χ2n) is 4.06. The van der Waals surface area contributed by atoms with Gasteiger partial charge in [0.05, 0.1) is 5.69 Å². The van der Waals surface area contributed by atoms with Crippen LogP contribution >= 0.6 is 0 Å². The molecule has 0 aromatic carbocycles. The zero-order valence-corrected chi connectivity index (χ0v) is 8.17. The van der Waals surface area contributed by atoms with Crippen molar-refractivity contribution in [2.24, 2.45) is 0 Å². The molecular weight excluding hydrogens is 219 g/mol. The van der Waals surface area contributed by atoms with Crippen molar-refractivity contribution in [1.82, 2.24) is 15.0 Å². The minimum absolute atomic E-state index is 0.133. The second kappa shape index (κ2) is 2.75. The standard InChI is InChI=1S/C10H8F3N3/c11-10(12,13)9(2-3-9)7-5-15-8-6(16-7)1-4-14-8/h1,4-5,16H,2-3H2. The van der Waals surface area contributed by atoms with Crippen LogP contribution in [0.5, 0.6) is 0 Å². The monoisotopic (exact) mass is 227 g/mol. The number of hydrogen-bond acceptors (Lipinski definition) is 2. The van der Waals surface area contributed by atoms with Crippen molar-refractivity contribution in [3.8, 4) is 11.5 Å². The Balaban J connectivity index is 2.11. The van der Waals surface area contributed by atoms with E-state index < -0.39 is 11.6 Å². The first-order valence-electron chi connectivity index (χ1n) is 4.90. The van der Waals surface area contributed by atoms with Crippen molar-refractivity contribution in [3.63, 3.8) is 0 Å². The Morgan fingerprint density at radius 3 is 2.62 bits per heavy atom. The number of nitrogens with one attached hydrogen (secondary N) is 1. The summed E-state index contributed by atoms with van der Waals surface area (Å²) in [5.74, 6) is 0.446. The summed E-state index contributed by atoms with van der Waals surface area (Å²) in [6.07, 6.45) is -1.18. The first-order valence-corrected chi connectivity index (χ1v) is 4.90. The highest BCUT2D eigenvalue weighted by molar-refractivity contribution is 5.51. The van der Waals surface area contributed by atoms with Crippen molar-refractivity contribution >= 4 is 0 Å². The molecule has 0 amide bonds. The first kappa shape index (κ1) is 9.62. The first-order chi connectivity index (χ1) is 7.53. The molecule has 1 fully saturated rings. The lowest BCUT2D eigenvalue weighted by Crippen LogP contribution is -2.30. The van der Waals surface area contributed by atoms with Crippen LogP contribution in [0.25, 0.3) is 11.5 Å². The minimum atomic E-state index is -4.21. The summed E-state index contributed by atoms with van der Waals surface area (Å²) in [7, 11) is 0. The highest BCUT2D eigenvalue weighted by Gasteiger charge is 2.65. The number of fused-ring (bicyclic) bond motifs is 1. The quantitative estimate of drug-likeness (QED) is 0.813. The van der Waals surface area contributed by atoms with Crippen LogP contribution in [0.2, 0.25) is 0 Å². The van der Waals surface area contributed by atoms with E-state index in [4.69, 9.17) is 0 Å². The van der Waals surface area contributed by atoms with Gasteiger partial charge in [0, 0.05) is 18.1 Å². The topological polar surface area (TPSA) is 41.6 Å². The molecule has 0 unspecified atom stereocenters. The molecule has 3 rings (SSSR count). The maximum atomic E-state index is 12.8. The lowest BCUT2D eigenvalue weighted by Gasteiger charge is -2.19. The summed E-state index contributed by atoms with van der Waals surface area (Å²) in [5, 5.41) is 0. The largest absolute Gasteiger partial charge is 0.399 e. The SMILES string of the molecule is FC(F)(F)C1(c2cnc3nccc-3[nH]2)CC1. The van der Waals surface area contributed by atoms with E-state index in [0.29, 0.717) is 11.5 Å². The van der Waals surface area contributed by atoms with Crippen molar-refractivity contribution in [3.05, 3.63) is 24.2 Å². The number of rotatable bonds is 1. The predicted molar refractivity (Wildman–Crippen MR) is 50.0 cm³/mol. The molecule has 3 nitrogen and oxygen atoms in total. The molecule has 2 heterocycles. The van der Waals surface area contributed by atoms with E-state index in [1.54, 1.807) is 6.07 Å². The maximum absolute atomic E-state index is 12.8. The molecule has 0 bridgehead atoms. The summed E-state index contributed by atoms with van der Waals surface area (Å²) in [6.45, 7) is 0. The Labute approximate surface area is 89.1 Å². The van der Waals surface area contributed by atoms with Gasteiger partial charge in [0.15, 0.2) is 5.82 Å². The third kappa shape index (κ3) is 1.15. The molecule has 6 heteroatoms. The number of aromatic nitrogens is 3. The Kier molecular flexibility index (Phi) is 1.65. The van der Waals surface area contributed by atoms with Gasteiger partial charge >= 0.3 is 6.18 Å². The molecule has 1 N–H and O–H groups in total. The third-order valence-corrected chi connectivity index (χ3v) is 3.07. The van der Waals surface area contributed by atoms with Gasteiger partial charge in [-0.3, -0.25) is 0 Å². The van der Waals surface area contributed by atoms with E-state index in [0.717, 1.165) is 0 Å². The zero-order valence-electron chi connectivity index (χ0n) is 8.17. The highest BCUT2D eigenvalue weighted by atomic mass is 19.4. The molecule has 16 heavy (non-hydrogen) atoms. The van der Waals surface area contributed by atoms with Gasteiger partial charge < -0.3 is 4.98 Å². The fraction of sp³-hybridized carbons (Fsp3) is 0.400. The molecule has 0 aromatic rings. The van der Waals surface area contributed by atoms with E-state index in [2.05, 4.69) is 15.0 Å². The van der Waals surface area contributed by atoms with Gasteiger partial charge in [0.25, 0.3) is 0 Å². The molecule has 84 valence electrons. The van der Waals surface area contributed by atoms with E-state index in [9.17, 15) is 13.2 Å². The van der Waals surface area contributed by atoms with E-state index in [-0.39, 0.29) is 18.5 Å². The van der Waals surface area contributed by atoms with Crippen LogP contribution in [0.4, 0.5) is 13.2 Å². The smallest absolute Gasteiger partial charge is 0.354 e. The maximum Gasteiger partial charge on any atom is 0.399 e. The van der Waals surface area contributed by atoms with Crippen LogP contribution in [-0.4, -0.2) is 21.1 Å². The fourth-order valence-corrected chi connectivity index (χ4v) is 1.90. The minimum Gasteiger partial charge on any atom is -0.354 e. The molecule has 0 radical (unpaired) electrons. The molecule has 0 aromatic heterocycles. The van der Waals surface area contributed by atoms with Crippen LogP contribution in [0.3, 0.4) is 0 Å². The number of H-pyrrole nitrogens is 1. The summed E-state index contributed by atoms with van der Waals surface area (Å²) in [4.78, 5) is 10.6. The molecule has 0 spiro atoms. The normalized spacial score (nSPS) is 18.9. The Morgan fingerprint density at radius 1 is 1.25 bits per heavy atom. The Morgan fingerprint density at radius 2 is 2.00 bits per heavy atom. The molecule has 1 aliphatic carbocycles. The van der Waals surface area contributed by atoms with Crippen LogP contribution < -0.4 is 0 Å². The van der Waals surface area contributed by atoms with Crippen molar-refractivity contribution in [1.29, 1.82) is 0 Å². The van der Waals surface area contributed by atoms with Crippen LogP contribution in [0.15, 0.2) is 18.5 Å². The molecule has 3 aliphatic rings. The fourth-order valence-electron chi connectivity index (χ4n) is 1.90. The zero-order chi connectivity index (χ0) is 11.4. The third-order valence-electron chi connectivity index (χ3n) is 3.07. The summed E-state index contributed by atoms with van der Waals surface area (Å²) in [6, 6.07) is 1.62. The van der Waals surface area contributed by atoms with Crippen LogP contribution in [0, 0.1) is 0 Å². The van der Waals surface area contributed by atoms with Crippen molar-refractivity contribution in [2.45, 2.75) is 24.4 Å². The van der Waals surface area contributed by atoms with E-state index in [1.807, 2.05) is 0 Å². The number of halogens is 3. The molecule has 2 aliphatic heterocycles. The number of nitrogens with zero attached hydrogens (tertiary/aromatic N) is 2. The number of alkyl halides is 3. The highest BCUT2D eigenvalue weighted by Crippen LogP contribution is 2.58. The van der Waals surface area contributed by atoms with Crippen molar-refractivity contribution in [2.75, 3.05) is 0 Å². The summed E-state index contributed by atoms with van der Waals surface area (Å²) < 4.78 is 38.5. The van der Waals surface area contributed by atoms with Gasteiger partial charge in [0.2, 0.25) is 0 Å². The average molecular weight is 227 g/mol. The molecule has 0 saturated heterocycles. The predicted octanol–water partition coefficient (Wildman–Crippen LogP) is 2.50. The molecule has 1 saturated carbocycles. The summed E-state index contributed by atoms with van der Waals surface area (Å²) in [5.41, 5.74) is -1.01. The second-order valence-corrected chi connectivity index (χ2v) is 4.06. The van der Waals surface area contributed by atoms with Gasteiger partial charge in [-0.15, -0.1) is 0 Å². The Hall–Kier alpha value is -1.59. The van der Waals surface area contributed by atoms with E-state index >= 15 is 0 Å². The lowest BCUT2D eigenvalue weighted by molar-refractivity contribution is -0.161. The van der Waals surface area contributed by atoms with Crippen LogP contribution in [0.1, 0.15) is 18.5 Å². The average Bonchev–Trinajstić information content (AvgIpc) is 2.91. The molecular formula is C10H8F3N3. The Bertz CT molecular complexity index is 498. The van der Waals surface area contributed by atoms with Gasteiger partial charge in [0.1, 0.15) is 5.41 Å². The van der Waals surface area contributed by atoms with Crippen molar-refractivity contribution < 1.29 is 13.2 Å². The number of hydrogen-bond donors (Lipinski definition) is 1. The summed E-state index contributed by atoms with van der Waals surface area (Å²) >= 11 is 0. The van der Waals surface area contributed by atoms with Gasteiger partial charge in [-0.25, -0.2) is 9.97 Å². The van der Waals surface area contributed by atoms with Crippen LogP contribution in [-0.2, 0) is 5.41 Å². The van der Waals surface area contributed by atoms with Gasteiger partial charge in [-0.1, -0.05) is 0 Å². The number of aromatic amines is 1. The van der Waals surface area contributed by atoms with E-state index in [1.165, 1.54) is 12.4 Å². The lowest BCUT2D eigenvalue weighted by atomic mass is 10.0. The van der Waals surface area contributed by atoms with Gasteiger partial charge in [-0.2, -0.15) is 13.2 Å². The molecule has 0 atom stereocenters. The van der Waals surface area contributed by atoms with Gasteiger partial charge in [-0.05, 0) is 18.9 Å².